The van der Waals surface area contributed by atoms with Gasteiger partial charge >= 0.3 is 5.97 Å². The Morgan fingerprint density at radius 3 is 1.64 bits per heavy atom. The zero-order chi connectivity index (χ0) is 42.6. The first-order valence-electron chi connectivity index (χ1n) is 20.3. The molecule has 15 nitrogen and oxygen atoms in total. The number of nitrogens with one attached hydrogen (secondary N) is 3. The number of halogens is 2. The van der Waals surface area contributed by atoms with Crippen LogP contribution in [0.1, 0.15) is 67.8 Å². The van der Waals surface area contributed by atoms with Crippen molar-refractivity contribution in [1.82, 2.24) is 10.6 Å². The van der Waals surface area contributed by atoms with Gasteiger partial charge < -0.3 is 54.2 Å². The topological polar surface area (TPSA) is 189 Å². The summed E-state index contributed by atoms with van der Waals surface area (Å²) in [4.78, 5) is 51.0. The van der Waals surface area contributed by atoms with Crippen LogP contribution >= 0.6 is 23.2 Å². The smallest absolute Gasteiger partial charge is 0.326 e. The fourth-order valence-corrected chi connectivity index (χ4v) is 6.85. The third kappa shape index (κ3) is 20.2. The van der Waals surface area contributed by atoms with Crippen molar-refractivity contribution in [3.8, 4) is 0 Å². The number of benzene rings is 2. The van der Waals surface area contributed by atoms with Crippen molar-refractivity contribution in [2.45, 2.75) is 64.3 Å². The van der Waals surface area contributed by atoms with Gasteiger partial charge in [0.2, 0.25) is 11.8 Å². The molecule has 0 bridgehead atoms. The molecule has 0 heterocycles. The van der Waals surface area contributed by atoms with Crippen molar-refractivity contribution in [2.24, 2.45) is 5.41 Å². The minimum absolute atomic E-state index is 0.0394. The lowest BCUT2D eigenvalue weighted by atomic mass is 9.81. The van der Waals surface area contributed by atoms with Gasteiger partial charge in [0.15, 0.2) is 0 Å². The summed E-state index contributed by atoms with van der Waals surface area (Å²) < 4.78 is 38.2. The number of ether oxygens (including phenoxy) is 7. The van der Waals surface area contributed by atoms with Crippen LogP contribution in [0.3, 0.4) is 0 Å². The van der Waals surface area contributed by atoms with E-state index >= 15 is 0 Å². The van der Waals surface area contributed by atoms with E-state index in [9.17, 15) is 24.3 Å². The summed E-state index contributed by atoms with van der Waals surface area (Å²) in [6.45, 7) is 8.97. The van der Waals surface area contributed by atoms with Crippen LogP contribution in [-0.4, -0.2) is 134 Å². The van der Waals surface area contributed by atoms with Crippen LogP contribution in [0.5, 0.6) is 0 Å². The lowest BCUT2D eigenvalue weighted by Gasteiger charge is -2.29. The Morgan fingerprint density at radius 1 is 0.695 bits per heavy atom. The van der Waals surface area contributed by atoms with E-state index in [1.54, 1.807) is 42.5 Å². The maximum atomic E-state index is 13.6. The molecule has 2 aromatic carbocycles. The zero-order valence-electron chi connectivity index (χ0n) is 34.1. The Hall–Kier alpha value is -3.38. The predicted octanol–water partition coefficient (Wildman–Crippen LogP) is 5.34. The molecule has 330 valence electrons. The van der Waals surface area contributed by atoms with Gasteiger partial charge in [-0.1, -0.05) is 61.2 Å². The number of carboxylic acid groups (broad SMARTS) is 1. The minimum Gasteiger partial charge on any atom is -0.480 e. The molecule has 17 heteroatoms. The van der Waals surface area contributed by atoms with Crippen molar-refractivity contribution in [1.29, 1.82) is 0 Å². The van der Waals surface area contributed by atoms with E-state index in [0.717, 1.165) is 25.9 Å². The third-order valence-electron chi connectivity index (χ3n) is 9.47. The Kier molecular flexibility index (Phi) is 25.2. The highest BCUT2D eigenvalue weighted by Crippen LogP contribution is 2.41. The van der Waals surface area contributed by atoms with Crippen LogP contribution in [0.4, 0.5) is 5.69 Å². The number of carbonyl (C=O) groups is 4. The van der Waals surface area contributed by atoms with Gasteiger partial charge in [-0.25, -0.2) is 4.79 Å². The second kappa shape index (κ2) is 29.8. The summed E-state index contributed by atoms with van der Waals surface area (Å²) >= 11 is 12.3. The molecule has 3 amide bonds. The molecule has 3 rings (SSSR count). The molecule has 1 saturated carbocycles. The Bertz CT molecular complexity index is 1510. The monoisotopic (exact) mass is 869 g/mol. The number of anilines is 1. The number of hydrogen-bond acceptors (Lipinski definition) is 11. The molecule has 4 N–H and O–H groups in total. The summed E-state index contributed by atoms with van der Waals surface area (Å²) in [6.07, 6.45) is 4.48. The fraction of sp³-hybridized carbons (Fsp3) is 0.619. The molecule has 59 heavy (non-hydrogen) atoms. The number of amides is 3. The Balaban J connectivity index is 1.22. The highest BCUT2D eigenvalue weighted by atomic mass is 35.5. The number of hydrogen-bond donors (Lipinski definition) is 4. The molecule has 0 radical (unpaired) electrons. The summed E-state index contributed by atoms with van der Waals surface area (Å²) in [5, 5.41) is 18.8. The molecule has 0 saturated heterocycles. The predicted molar refractivity (Wildman–Crippen MR) is 223 cm³/mol. The fourth-order valence-electron chi connectivity index (χ4n) is 6.28. The van der Waals surface area contributed by atoms with Crippen LogP contribution in [0.2, 0.25) is 10.0 Å². The van der Waals surface area contributed by atoms with Gasteiger partial charge in [0.25, 0.3) is 5.91 Å². The van der Waals surface area contributed by atoms with Gasteiger partial charge in [-0.05, 0) is 55.5 Å². The average Bonchev–Trinajstić information content (AvgIpc) is 3.70. The van der Waals surface area contributed by atoms with Crippen molar-refractivity contribution in [3.05, 3.63) is 63.6 Å². The van der Waals surface area contributed by atoms with Gasteiger partial charge in [-0.2, -0.15) is 0 Å². The summed E-state index contributed by atoms with van der Waals surface area (Å²) in [5.41, 5.74) is 0.501. The van der Waals surface area contributed by atoms with E-state index in [-0.39, 0.29) is 53.4 Å². The number of rotatable bonds is 33. The lowest BCUT2D eigenvalue weighted by molar-refractivity contribution is -0.144. The summed E-state index contributed by atoms with van der Waals surface area (Å²) in [5.74, 6) is -2.17. The first-order chi connectivity index (χ1) is 28.6. The molecule has 1 aliphatic carbocycles. The van der Waals surface area contributed by atoms with Crippen LogP contribution in [0.15, 0.2) is 42.5 Å². The second-order valence-electron chi connectivity index (χ2n) is 13.9. The number of carboxylic acids is 1. The molecule has 1 aliphatic rings. The van der Waals surface area contributed by atoms with Crippen molar-refractivity contribution < 1.29 is 57.4 Å². The SMILES string of the molecule is CCCOCCOCCOCCOCCOCCOCCOCCC(=O)NCCC1(C(=O)NC(Cc2ccc(NC(=O)c3c(Cl)cccc3Cl)cc2)C(=O)O)CCCC1. The van der Waals surface area contributed by atoms with Crippen molar-refractivity contribution >= 4 is 52.6 Å². The highest BCUT2D eigenvalue weighted by molar-refractivity contribution is 6.40. The summed E-state index contributed by atoms with van der Waals surface area (Å²) in [6, 6.07) is 10.3. The average molecular weight is 871 g/mol. The van der Waals surface area contributed by atoms with Gasteiger partial charge in [0, 0.05) is 31.7 Å². The molecule has 1 atom stereocenters. The molecule has 2 aromatic rings. The quantitative estimate of drug-likeness (QED) is 0.0676. The molecule has 0 spiro atoms. The standard InChI is InChI=1S/C42H61Cl2N3O12/c1-2-17-53-19-21-55-23-25-57-27-29-59-30-28-58-26-24-56-22-20-54-18-12-37(48)45-16-15-42(13-3-4-14-42)41(52)47-36(40(50)51)31-32-8-10-33(11-9-32)46-39(49)38-34(43)6-5-7-35(38)44/h5-11,36H,2-4,12-31H2,1H3,(H,45,48)(H,46,49)(H,47,52)(H,50,51). The van der Waals surface area contributed by atoms with Crippen LogP contribution in [-0.2, 0) is 54.0 Å². The Morgan fingerprint density at radius 2 is 1.17 bits per heavy atom. The lowest BCUT2D eigenvalue weighted by Crippen LogP contribution is -2.49. The molecule has 0 aliphatic heterocycles. The maximum Gasteiger partial charge on any atom is 0.326 e. The second-order valence-corrected chi connectivity index (χ2v) is 14.8. The molecule has 1 unspecified atom stereocenters. The first kappa shape index (κ1) is 50.0. The summed E-state index contributed by atoms with van der Waals surface area (Å²) in [7, 11) is 0. The highest BCUT2D eigenvalue weighted by Gasteiger charge is 2.42. The molecule has 1 fully saturated rings. The molecular formula is C42H61Cl2N3O12. The van der Waals surface area contributed by atoms with Crippen LogP contribution in [0, 0.1) is 5.41 Å². The third-order valence-corrected chi connectivity index (χ3v) is 10.1. The number of aliphatic carboxylic acids is 1. The van der Waals surface area contributed by atoms with Gasteiger partial charge in [-0.3, -0.25) is 14.4 Å². The van der Waals surface area contributed by atoms with Gasteiger partial charge in [-0.15, -0.1) is 0 Å². The molecular weight excluding hydrogens is 809 g/mol. The maximum absolute atomic E-state index is 13.6. The van der Waals surface area contributed by atoms with Gasteiger partial charge in [0.05, 0.1) is 107 Å². The molecule has 0 aromatic heterocycles. The van der Waals surface area contributed by atoms with E-state index in [2.05, 4.69) is 22.9 Å². The van der Waals surface area contributed by atoms with E-state index < -0.39 is 23.3 Å². The Labute approximate surface area is 357 Å². The largest absolute Gasteiger partial charge is 0.480 e. The van der Waals surface area contributed by atoms with E-state index in [4.69, 9.17) is 56.4 Å². The van der Waals surface area contributed by atoms with Gasteiger partial charge in [0.1, 0.15) is 6.04 Å². The van der Waals surface area contributed by atoms with E-state index in [0.29, 0.717) is 110 Å². The van der Waals surface area contributed by atoms with Crippen molar-refractivity contribution in [3.63, 3.8) is 0 Å². The first-order valence-corrected chi connectivity index (χ1v) is 21.1. The normalized spacial score (nSPS) is 13.9. The van der Waals surface area contributed by atoms with E-state index in [1.807, 2.05) is 0 Å². The van der Waals surface area contributed by atoms with Crippen LogP contribution < -0.4 is 16.0 Å². The van der Waals surface area contributed by atoms with E-state index in [1.165, 1.54) is 0 Å². The zero-order valence-corrected chi connectivity index (χ0v) is 35.6. The number of carbonyl (C=O) groups excluding carboxylic acids is 3. The minimum atomic E-state index is -1.17. The van der Waals surface area contributed by atoms with Crippen molar-refractivity contribution in [2.75, 3.05) is 104 Å². The van der Waals surface area contributed by atoms with Crippen LogP contribution in [0.25, 0.3) is 0 Å².